The van der Waals surface area contributed by atoms with Crippen LogP contribution in [-0.2, 0) is 27.4 Å². The summed E-state index contributed by atoms with van der Waals surface area (Å²) in [5.74, 6) is -0.806. The van der Waals surface area contributed by atoms with Gasteiger partial charge in [0, 0.05) is 39.2 Å². The van der Waals surface area contributed by atoms with Crippen LogP contribution in [0.5, 0.6) is 0 Å². The maximum Gasteiger partial charge on any atom is 0.416 e. The molecule has 13 heteroatoms. The van der Waals surface area contributed by atoms with E-state index in [4.69, 9.17) is 0 Å². The molecule has 2 aromatic carbocycles. The molecular formula is C33H35F7N4O2. The quantitative estimate of drug-likeness (QED) is 0.247. The Kier molecular flexibility index (Phi) is 9.48. The largest absolute Gasteiger partial charge is 0.416 e. The molecule has 1 saturated heterocycles. The zero-order valence-electron chi connectivity index (χ0n) is 26.3. The van der Waals surface area contributed by atoms with Gasteiger partial charge < -0.3 is 14.7 Å². The highest BCUT2D eigenvalue weighted by atomic mass is 19.4. The van der Waals surface area contributed by atoms with Crippen LogP contribution in [0.3, 0.4) is 0 Å². The number of carbonyl (C=O) groups is 2. The molecule has 1 unspecified atom stereocenters. The number of rotatable bonds is 7. The summed E-state index contributed by atoms with van der Waals surface area (Å²) in [5, 5.41) is 0. The van der Waals surface area contributed by atoms with Gasteiger partial charge in [-0.3, -0.25) is 9.59 Å². The number of hydrogen-bond acceptors (Lipinski definition) is 4. The lowest BCUT2D eigenvalue weighted by atomic mass is 9.81. The molecule has 0 N–H and O–H groups in total. The molecule has 0 spiro atoms. The van der Waals surface area contributed by atoms with Gasteiger partial charge in [-0.25, -0.2) is 9.37 Å². The highest BCUT2D eigenvalue weighted by Gasteiger charge is 2.41. The van der Waals surface area contributed by atoms with Crippen molar-refractivity contribution < 1.29 is 40.3 Å². The Labute approximate surface area is 262 Å². The number of anilines is 2. The molecule has 1 aromatic heterocycles. The summed E-state index contributed by atoms with van der Waals surface area (Å²) in [5.41, 5.74) is -3.61. The minimum absolute atomic E-state index is 0.0187. The average molecular weight is 653 g/mol. The van der Waals surface area contributed by atoms with E-state index in [1.807, 2.05) is 11.8 Å². The lowest BCUT2D eigenvalue weighted by Gasteiger charge is -2.32. The van der Waals surface area contributed by atoms with E-state index in [1.54, 1.807) is 17.9 Å². The molecule has 6 nitrogen and oxygen atoms in total. The lowest BCUT2D eigenvalue weighted by Crippen LogP contribution is -2.42. The second kappa shape index (κ2) is 12.6. The molecule has 2 amide bonds. The fraction of sp³-hybridized carbons (Fsp3) is 0.424. The minimum atomic E-state index is -5.08. The molecular weight excluding hydrogens is 617 g/mol. The monoisotopic (exact) mass is 652 g/mol. The number of pyridine rings is 1. The number of alkyl halides is 6. The fourth-order valence-corrected chi connectivity index (χ4v) is 5.93. The number of likely N-dealkylation sites (N-methyl/N-ethyl adjacent to an activating group) is 2. The first-order valence-corrected chi connectivity index (χ1v) is 14.6. The van der Waals surface area contributed by atoms with Gasteiger partial charge in [-0.05, 0) is 87.2 Å². The smallest absolute Gasteiger partial charge is 0.354 e. The van der Waals surface area contributed by atoms with Gasteiger partial charge in [0.05, 0.1) is 34.5 Å². The third-order valence-electron chi connectivity index (χ3n) is 8.53. The first-order chi connectivity index (χ1) is 21.2. The Hall–Kier alpha value is -4.16. The maximum absolute atomic E-state index is 14.1. The summed E-state index contributed by atoms with van der Waals surface area (Å²) >= 11 is 0. The Bertz CT molecular complexity index is 1600. The van der Waals surface area contributed by atoms with Gasteiger partial charge in [-0.2, -0.15) is 26.3 Å². The van der Waals surface area contributed by atoms with Crippen molar-refractivity contribution in [2.45, 2.75) is 64.8 Å². The standard InChI is InChI=1S/C33H35F7N4O2/c1-7-44(20(3)45)25-10-11-43(18-25)29-16-27(26-9-8-24(34)12-19(26)2)28(17-41-29)42(6)30(46)31(4,5)21-13-22(32(35,36)37)15-23(14-21)33(38,39)40/h8-9,12-17,25H,7,10-11,18H2,1-6H3. The molecule has 0 bridgehead atoms. The van der Waals surface area contributed by atoms with Crippen LogP contribution in [0.15, 0.2) is 48.7 Å². The van der Waals surface area contributed by atoms with E-state index in [9.17, 15) is 40.3 Å². The molecule has 0 radical (unpaired) electrons. The van der Waals surface area contributed by atoms with E-state index in [0.29, 0.717) is 60.7 Å². The molecule has 1 atom stereocenters. The lowest BCUT2D eigenvalue weighted by molar-refractivity contribution is -0.143. The number of carbonyl (C=O) groups excluding carboxylic acids is 2. The van der Waals surface area contributed by atoms with Crippen LogP contribution in [0.1, 0.15) is 56.4 Å². The normalized spacial score (nSPS) is 15.7. The first kappa shape index (κ1) is 34.7. The average Bonchev–Trinajstić information content (AvgIpc) is 3.45. The van der Waals surface area contributed by atoms with Crippen LogP contribution in [-0.4, -0.2) is 54.4 Å². The molecule has 4 rings (SSSR count). The fourth-order valence-electron chi connectivity index (χ4n) is 5.93. The number of aryl methyl sites for hydroxylation is 1. The van der Waals surface area contributed by atoms with Crippen molar-refractivity contribution >= 4 is 23.3 Å². The van der Waals surface area contributed by atoms with E-state index in [0.717, 1.165) is 4.90 Å². The van der Waals surface area contributed by atoms with Crippen molar-refractivity contribution in [1.82, 2.24) is 9.88 Å². The van der Waals surface area contributed by atoms with Gasteiger partial charge in [-0.15, -0.1) is 0 Å². The second-order valence-electron chi connectivity index (χ2n) is 12.0. The van der Waals surface area contributed by atoms with Crippen molar-refractivity contribution in [2.75, 3.05) is 36.5 Å². The van der Waals surface area contributed by atoms with Crippen molar-refractivity contribution in [2.24, 2.45) is 0 Å². The second-order valence-corrected chi connectivity index (χ2v) is 12.0. The Morgan fingerprint density at radius 2 is 1.52 bits per heavy atom. The number of benzene rings is 2. The van der Waals surface area contributed by atoms with Gasteiger partial charge in [-0.1, -0.05) is 6.07 Å². The molecule has 1 aliphatic heterocycles. The highest BCUT2D eigenvalue weighted by molar-refractivity contribution is 6.03. The zero-order valence-corrected chi connectivity index (χ0v) is 26.3. The van der Waals surface area contributed by atoms with Crippen LogP contribution in [0, 0.1) is 12.7 Å². The Morgan fingerprint density at radius 3 is 2.04 bits per heavy atom. The zero-order chi connectivity index (χ0) is 34.4. The van der Waals surface area contributed by atoms with Crippen molar-refractivity contribution in [1.29, 1.82) is 0 Å². The van der Waals surface area contributed by atoms with Crippen LogP contribution in [0.4, 0.5) is 42.2 Å². The van der Waals surface area contributed by atoms with E-state index >= 15 is 0 Å². The summed E-state index contributed by atoms with van der Waals surface area (Å²) in [6.45, 7) is 9.21. The Morgan fingerprint density at radius 1 is 0.935 bits per heavy atom. The third kappa shape index (κ3) is 6.97. The van der Waals surface area contributed by atoms with Crippen molar-refractivity contribution in [3.8, 4) is 11.1 Å². The first-order valence-electron chi connectivity index (χ1n) is 14.6. The topological polar surface area (TPSA) is 56.8 Å². The SMILES string of the molecule is CCN(C(C)=O)C1CCN(c2cc(-c3ccc(F)cc3C)c(N(C)C(=O)C(C)(C)c3cc(C(F)(F)F)cc(C(F)(F)F)c3)cn2)C1. The number of amides is 2. The Balaban J connectivity index is 1.79. The van der Waals surface area contributed by atoms with E-state index in [2.05, 4.69) is 4.98 Å². The van der Waals surface area contributed by atoms with Crippen molar-refractivity contribution in [3.05, 3.63) is 76.7 Å². The number of halogens is 7. The molecule has 1 aliphatic rings. The van der Waals surface area contributed by atoms with E-state index < -0.39 is 46.2 Å². The van der Waals surface area contributed by atoms with Gasteiger partial charge >= 0.3 is 12.4 Å². The van der Waals surface area contributed by atoms with Gasteiger partial charge in [0.2, 0.25) is 11.8 Å². The van der Waals surface area contributed by atoms with Crippen LogP contribution >= 0.6 is 0 Å². The molecule has 46 heavy (non-hydrogen) atoms. The molecule has 2 heterocycles. The minimum Gasteiger partial charge on any atom is -0.354 e. The summed E-state index contributed by atoms with van der Waals surface area (Å²) < 4.78 is 95.9. The molecule has 0 saturated carbocycles. The number of nitrogens with zero attached hydrogens (tertiary/aromatic N) is 4. The number of hydrogen-bond donors (Lipinski definition) is 0. The molecule has 248 valence electrons. The summed E-state index contributed by atoms with van der Waals surface area (Å²) in [4.78, 5) is 35.6. The van der Waals surface area contributed by atoms with Gasteiger partial charge in [0.15, 0.2) is 0 Å². The predicted molar refractivity (Wildman–Crippen MR) is 161 cm³/mol. The summed E-state index contributed by atoms with van der Waals surface area (Å²) in [6.07, 6.45) is -8.06. The van der Waals surface area contributed by atoms with Crippen LogP contribution in [0.2, 0.25) is 0 Å². The van der Waals surface area contributed by atoms with Gasteiger partial charge in [0.25, 0.3) is 0 Å². The van der Waals surface area contributed by atoms with E-state index in [-0.39, 0.29) is 23.7 Å². The molecule has 0 aliphatic carbocycles. The molecule has 3 aromatic rings. The summed E-state index contributed by atoms with van der Waals surface area (Å²) in [6, 6.07) is 6.88. The molecule has 1 fully saturated rings. The van der Waals surface area contributed by atoms with Crippen molar-refractivity contribution in [3.63, 3.8) is 0 Å². The van der Waals surface area contributed by atoms with Gasteiger partial charge in [0.1, 0.15) is 11.6 Å². The maximum atomic E-state index is 14.1. The predicted octanol–water partition coefficient (Wildman–Crippen LogP) is 7.62. The highest BCUT2D eigenvalue weighted by Crippen LogP contribution is 2.41. The number of aromatic nitrogens is 1. The van der Waals surface area contributed by atoms with Crippen LogP contribution < -0.4 is 9.80 Å². The van der Waals surface area contributed by atoms with Crippen LogP contribution in [0.25, 0.3) is 11.1 Å². The third-order valence-corrected chi connectivity index (χ3v) is 8.53. The summed E-state index contributed by atoms with van der Waals surface area (Å²) in [7, 11) is 1.36. The van der Waals surface area contributed by atoms with E-state index in [1.165, 1.54) is 52.2 Å².